The van der Waals surface area contributed by atoms with Crippen LogP contribution in [0.5, 0.6) is 5.75 Å². The first kappa shape index (κ1) is 20.8. The van der Waals surface area contributed by atoms with Crippen LogP contribution in [0.2, 0.25) is 0 Å². The molecule has 0 atom stereocenters. The number of halogens is 4. The van der Waals surface area contributed by atoms with Crippen molar-refractivity contribution in [2.45, 2.75) is 13.1 Å². The number of nitrogens with one attached hydrogen (secondary N) is 1. The Balaban J connectivity index is 2.26. The Morgan fingerprint density at radius 3 is 2.67 bits per heavy atom. The van der Waals surface area contributed by atoms with Gasteiger partial charge in [-0.25, -0.2) is 0 Å². The number of carbonyl (C=O) groups excluding carboxylic acids is 1. The Morgan fingerprint density at radius 1 is 1.30 bits per heavy atom. The molecule has 0 fully saturated rings. The zero-order chi connectivity index (χ0) is 20.0. The molecule has 0 bridgehead atoms. The summed E-state index contributed by atoms with van der Waals surface area (Å²) in [5.74, 6) is -0.208. The molecule has 2 aromatic rings. The average Bonchev–Trinajstić information content (AvgIpc) is 2.59. The van der Waals surface area contributed by atoms with E-state index in [1.165, 1.54) is 18.2 Å². The summed E-state index contributed by atoms with van der Waals surface area (Å²) < 4.78 is 44.6. The van der Waals surface area contributed by atoms with Crippen LogP contribution in [0, 0.1) is 14.9 Å². The zero-order valence-corrected chi connectivity index (χ0v) is 16.3. The summed E-state index contributed by atoms with van der Waals surface area (Å²) in [6, 6.07) is 11.2. The number of anilines is 1. The van der Waals surface area contributed by atoms with Gasteiger partial charge in [-0.1, -0.05) is 6.07 Å². The highest BCUT2D eigenvalue weighted by Gasteiger charge is 2.30. The van der Waals surface area contributed by atoms with Crippen molar-refractivity contribution < 1.29 is 22.7 Å². The van der Waals surface area contributed by atoms with E-state index in [-0.39, 0.29) is 11.3 Å². The van der Waals surface area contributed by atoms with Crippen molar-refractivity contribution in [2.75, 3.05) is 11.9 Å². The van der Waals surface area contributed by atoms with Gasteiger partial charge in [0, 0.05) is 9.26 Å². The summed E-state index contributed by atoms with van der Waals surface area (Å²) in [6.45, 7) is 2.29. The molecule has 1 amide bonds. The number of benzene rings is 2. The maximum Gasteiger partial charge on any atom is 0.416 e. The van der Waals surface area contributed by atoms with E-state index in [0.717, 1.165) is 15.7 Å². The van der Waals surface area contributed by atoms with Crippen molar-refractivity contribution >= 4 is 40.3 Å². The van der Waals surface area contributed by atoms with Gasteiger partial charge in [0.15, 0.2) is 0 Å². The lowest BCUT2D eigenvalue weighted by Crippen LogP contribution is -2.14. The standard InChI is InChI=1S/C19H14F3IN2O2/c1-2-27-17-8-12(7-15(23)10-17)6-13(11-24)18(26)25-16-5-3-4-14(9-16)19(20,21)22/h3-10H,2H2,1H3,(H,25,26)/b13-6+. The molecule has 4 nitrogen and oxygen atoms in total. The molecule has 0 heterocycles. The maximum atomic E-state index is 12.8. The summed E-state index contributed by atoms with van der Waals surface area (Å²) in [4.78, 5) is 12.3. The predicted octanol–water partition coefficient (Wildman–Crippen LogP) is 5.25. The van der Waals surface area contributed by atoms with E-state index < -0.39 is 17.6 Å². The molecule has 0 aliphatic rings. The first-order valence-electron chi connectivity index (χ1n) is 7.76. The van der Waals surface area contributed by atoms with Gasteiger partial charge in [-0.3, -0.25) is 4.79 Å². The van der Waals surface area contributed by atoms with Crippen LogP contribution in [0.25, 0.3) is 6.08 Å². The number of ether oxygens (including phenoxy) is 1. The van der Waals surface area contributed by atoms with E-state index in [0.29, 0.717) is 17.9 Å². The number of amides is 1. The topological polar surface area (TPSA) is 62.1 Å². The first-order valence-corrected chi connectivity index (χ1v) is 8.84. The maximum absolute atomic E-state index is 12.8. The van der Waals surface area contributed by atoms with E-state index in [2.05, 4.69) is 27.9 Å². The highest BCUT2D eigenvalue weighted by atomic mass is 127. The Hall–Kier alpha value is -2.54. The third-order valence-corrected chi connectivity index (χ3v) is 3.95. The SMILES string of the molecule is CCOc1cc(I)cc(/C=C(\C#N)C(=O)Nc2cccc(C(F)(F)F)c2)c1. The van der Waals surface area contributed by atoms with Gasteiger partial charge in [-0.15, -0.1) is 0 Å². The summed E-state index contributed by atoms with van der Waals surface area (Å²) in [7, 11) is 0. The molecule has 0 spiro atoms. The second kappa shape index (κ2) is 8.90. The minimum absolute atomic E-state index is 0.0476. The van der Waals surface area contributed by atoms with Crippen molar-refractivity contribution in [3.05, 3.63) is 62.7 Å². The molecular weight excluding hydrogens is 472 g/mol. The third-order valence-electron chi connectivity index (χ3n) is 3.33. The zero-order valence-electron chi connectivity index (χ0n) is 14.1. The summed E-state index contributed by atoms with van der Waals surface area (Å²) >= 11 is 2.08. The van der Waals surface area contributed by atoms with Gasteiger partial charge in [-0.05, 0) is 77.6 Å². The fourth-order valence-corrected chi connectivity index (χ4v) is 2.87. The average molecular weight is 486 g/mol. The number of alkyl halides is 3. The predicted molar refractivity (Wildman–Crippen MR) is 104 cm³/mol. The number of carbonyl (C=O) groups is 1. The number of rotatable bonds is 5. The van der Waals surface area contributed by atoms with Gasteiger partial charge >= 0.3 is 6.18 Å². The minimum Gasteiger partial charge on any atom is -0.494 e. The molecule has 0 aliphatic heterocycles. The molecular formula is C19H14F3IN2O2. The Bertz CT molecular complexity index is 918. The molecule has 2 rings (SSSR count). The molecule has 0 aliphatic carbocycles. The fourth-order valence-electron chi connectivity index (χ4n) is 2.20. The van der Waals surface area contributed by atoms with Gasteiger partial charge < -0.3 is 10.1 Å². The van der Waals surface area contributed by atoms with E-state index >= 15 is 0 Å². The van der Waals surface area contributed by atoms with Crippen molar-refractivity contribution in [1.82, 2.24) is 0 Å². The Kier molecular flexibility index (Phi) is 6.85. The monoisotopic (exact) mass is 486 g/mol. The molecule has 8 heteroatoms. The number of hydrogen-bond acceptors (Lipinski definition) is 3. The van der Waals surface area contributed by atoms with E-state index in [1.807, 2.05) is 6.92 Å². The Morgan fingerprint density at radius 2 is 2.04 bits per heavy atom. The first-order chi connectivity index (χ1) is 12.7. The van der Waals surface area contributed by atoms with Crippen LogP contribution >= 0.6 is 22.6 Å². The largest absolute Gasteiger partial charge is 0.494 e. The van der Waals surface area contributed by atoms with Crippen molar-refractivity contribution in [1.29, 1.82) is 5.26 Å². The summed E-state index contributed by atoms with van der Waals surface area (Å²) in [5.41, 5.74) is -0.603. The molecule has 1 N–H and O–H groups in total. The van der Waals surface area contributed by atoms with Gasteiger partial charge in [0.05, 0.1) is 12.2 Å². The van der Waals surface area contributed by atoms with E-state index in [1.54, 1.807) is 24.3 Å². The summed E-state index contributed by atoms with van der Waals surface area (Å²) in [5, 5.41) is 11.6. The lowest BCUT2D eigenvalue weighted by molar-refractivity contribution is -0.137. The number of hydrogen-bond donors (Lipinski definition) is 1. The van der Waals surface area contributed by atoms with Crippen LogP contribution in [0.3, 0.4) is 0 Å². The van der Waals surface area contributed by atoms with Crippen LogP contribution in [0.1, 0.15) is 18.1 Å². The lowest BCUT2D eigenvalue weighted by atomic mass is 10.1. The quantitative estimate of drug-likeness (QED) is 0.357. The second-order valence-electron chi connectivity index (χ2n) is 5.36. The van der Waals surface area contributed by atoms with Crippen LogP contribution in [-0.2, 0) is 11.0 Å². The van der Waals surface area contributed by atoms with Crippen molar-refractivity contribution in [2.24, 2.45) is 0 Å². The van der Waals surface area contributed by atoms with Crippen LogP contribution in [0.15, 0.2) is 48.0 Å². The van der Waals surface area contributed by atoms with Crippen LogP contribution in [0.4, 0.5) is 18.9 Å². The van der Waals surface area contributed by atoms with Crippen molar-refractivity contribution in [3.8, 4) is 11.8 Å². The lowest BCUT2D eigenvalue weighted by Gasteiger charge is -2.10. The van der Waals surface area contributed by atoms with E-state index in [4.69, 9.17) is 4.74 Å². The summed E-state index contributed by atoms with van der Waals surface area (Å²) in [6.07, 6.45) is -3.17. The number of nitrogens with zero attached hydrogens (tertiary/aromatic N) is 1. The molecule has 0 saturated carbocycles. The fraction of sp³-hybridized carbons (Fsp3) is 0.158. The minimum atomic E-state index is -4.52. The van der Waals surface area contributed by atoms with Gasteiger partial charge in [0.2, 0.25) is 0 Å². The van der Waals surface area contributed by atoms with Gasteiger partial charge in [-0.2, -0.15) is 18.4 Å². The smallest absolute Gasteiger partial charge is 0.416 e. The second-order valence-corrected chi connectivity index (χ2v) is 6.60. The van der Waals surface area contributed by atoms with Crippen LogP contribution < -0.4 is 10.1 Å². The normalized spacial score (nSPS) is 11.6. The molecule has 2 aromatic carbocycles. The molecule has 0 unspecified atom stereocenters. The molecule has 0 radical (unpaired) electrons. The van der Waals surface area contributed by atoms with Gasteiger partial charge in [0.1, 0.15) is 17.4 Å². The molecule has 140 valence electrons. The molecule has 27 heavy (non-hydrogen) atoms. The highest BCUT2D eigenvalue weighted by molar-refractivity contribution is 14.1. The van der Waals surface area contributed by atoms with Crippen LogP contribution in [-0.4, -0.2) is 12.5 Å². The molecule has 0 saturated heterocycles. The van der Waals surface area contributed by atoms with E-state index in [9.17, 15) is 23.2 Å². The van der Waals surface area contributed by atoms with Gasteiger partial charge in [0.25, 0.3) is 5.91 Å². The molecule has 0 aromatic heterocycles. The Labute approximate surface area is 167 Å². The number of nitriles is 1. The third kappa shape index (κ3) is 5.99. The highest BCUT2D eigenvalue weighted by Crippen LogP contribution is 2.30. The van der Waals surface area contributed by atoms with Crippen molar-refractivity contribution in [3.63, 3.8) is 0 Å².